The van der Waals surface area contributed by atoms with E-state index in [1.807, 2.05) is 13.0 Å². The van der Waals surface area contributed by atoms with Gasteiger partial charge in [-0.2, -0.15) is 0 Å². The van der Waals surface area contributed by atoms with Gasteiger partial charge in [0.1, 0.15) is 5.75 Å². The molecule has 4 heteroatoms. The quantitative estimate of drug-likeness (QED) is 0.812. The van der Waals surface area contributed by atoms with E-state index in [0.717, 1.165) is 5.75 Å². The molecule has 0 amide bonds. The van der Waals surface area contributed by atoms with E-state index in [0.29, 0.717) is 18.4 Å². The molecule has 2 aromatic rings. The molecule has 0 spiro atoms. The van der Waals surface area contributed by atoms with E-state index in [1.165, 1.54) is 17.5 Å². The Balaban J connectivity index is 2.16. The summed E-state index contributed by atoms with van der Waals surface area (Å²) in [6, 6.07) is 6.23. The standard InChI is InChI=1S/C13H16N2O2/c1-9(2)11-5-4-10(3)6-12(11)16-7-13-15-14-8-17-13/h4-6,8-9H,7H2,1-3H3. The third-order valence-corrected chi connectivity index (χ3v) is 2.55. The van der Waals surface area contributed by atoms with Crippen molar-refractivity contribution in [2.75, 3.05) is 0 Å². The van der Waals surface area contributed by atoms with Gasteiger partial charge in [0.25, 0.3) is 5.89 Å². The molecule has 0 fully saturated rings. The Morgan fingerprint density at radius 3 is 2.82 bits per heavy atom. The van der Waals surface area contributed by atoms with Crippen LogP contribution in [-0.2, 0) is 6.61 Å². The fourth-order valence-corrected chi connectivity index (χ4v) is 1.64. The van der Waals surface area contributed by atoms with Gasteiger partial charge in [-0.15, -0.1) is 10.2 Å². The van der Waals surface area contributed by atoms with Crippen molar-refractivity contribution in [3.63, 3.8) is 0 Å². The van der Waals surface area contributed by atoms with Crippen molar-refractivity contribution in [2.24, 2.45) is 0 Å². The molecule has 17 heavy (non-hydrogen) atoms. The van der Waals surface area contributed by atoms with Crippen LogP contribution in [0.2, 0.25) is 0 Å². The summed E-state index contributed by atoms with van der Waals surface area (Å²) in [5.74, 6) is 1.80. The second-order valence-electron chi connectivity index (χ2n) is 4.32. The third kappa shape index (κ3) is 2.84. The summed E-state index contributed by atoms with van der Waals surface area (Å²) in [4.78, 5) is 0. The molecule has 0 aliphatic rings. The van der Waals surface area contributed by atoms with Crippen molar-refractivity contribution in [3.05, 3.63) is 41.6 Å². The zero-order chi connectivity index (χ0) is 12.3. The van der Waals surface area contributed by atoms with Gasteiger partial charge in [-0.1, -0.05) is 26.0 Å². The van der Waals surface area contributed by atoms with Crippen LogP contribution < -0.4 is 4.74 Å². The van der Waals surface area contributed by atoms with Crippen LogP contribution in [0.4, 0.5) is 0 Å². The lowest BCUT2D eigenvalue weighted by Crippen LogP contribution is -2.00. The molecule has 1 heterocycles. The second-order valence-corrected chi connectivity index (χ2v) is 4.32. The zero-order valence-electron chi connectivity index (χ0n) is 10.3. The van der Waals surface area contributed by atoms with Crippen molar-refractivity contribution in [1.29, 1.82) is 0 Å². The molecular formula is C13H16N2O2. The van der Waals surface area contributed by atoms with Gasteiger partial charge in [-0.05, 0) is 30.0 Å². The Kier molecular flexibility index (Phi) is 3.42. The van der Waals surface area contributed by atoms with Crippen LogP contribution in [0.15, 0.2) is 29.0 Å². The Bertz CT molecular complexity index is 478. The lowest BCUT2D eigenvalue weighted by Gasteiger charge is -2.13. The SMILES string of the molecule is Cc1ccc(C(C)C)c(OCc2nnco2)c1. The smallest absolute Gasteiger partial charge is 0.253 e. The Morgan fingerprint density at radius 2 is 2.18 bits per heavy atom. The molecule has 0 atom stereocenters. The van der Waals surface area contributed by atoms with Crippen molar-refractivity contribution in [1.82, 2.24) is 10.2 Å². The van der Waals surface area contributed by atoms with Gasteiger partial charge in [-0.3, -0.25) is 0 Å². The van der Waals surface area contributed by atoms with Gasteiger partial charge < -0.3 is 9.15 Å². The van der Waals surface area contributed by atoms with Crippen LogP contribution in [0.5, 0.6) is 5.75 Å². The molecule has 0 aliphatic carbocycles. The number of ether oxygens (including phenoxy) is 1. The molecule has 0 saturated heterocycles. The molecule has 0 unspecified atom stereocenters. The van der Waals surface area contributed by atoms with E-state index in [1.54, 1.807) is 0 Å². The number of aryl methyl sites for hydroxylation is 1. The average Bonchev–Trinajstić information content (AvgIpc) is 2.78. The van der Waals surface area contributed by atoms with Crippen molar-refractivity contribution < 1.29 is 9.15 Å². The monoisotopic (exact) mass is 232 g/mol. The van der Waals surface area contributed by atoms with Gasteiger partial charge in [0, 0.05) is 0 Å². The molecular weight excluding hydrogens is 216 g/mol. The maximum atomic E-state index is 5.73. The van der Waals surface area contributed by atoms with Gasteiger partial charge in [0.05, 0.1) is 0 Å². The number of nitrogens with zero attached hydrogens (tertiary/aromatic N) is 2. The first-order valence-corrected chi connectivity index (χ1v) is 5.65. The van der Waals surface area contributed by atoms with Gasteiger partial charge in [-0.25, -0.2) is 0 Å². The van der Waals surface area contributed by atoms with E-state index in [4.69, 9.17) is 9.15 Å². The first-order chi connectivity index (χ1) is 8.16. The topological polar surface area (TPSA) is 48.2 Å². The fourth-order valence-electron chi connectivity index (χ4n) is 1.64. The van der Waals surface area contributed by atoms with Crippen molar-refractivity contribution in [3.8, 4) is 5.75 Å². The maximum Gasteiger partial charge on any atom is 0.253 e. The largest absolute Gasteiger partial charge is 0.484 e. The number of rotatable bonds is 4. The first kappa shape index (κ1) is 11.6. The summed E-state index contributed by atoms with van der Waals surface area (Å²) in [7, 11) is 0. The van der Waals surface area contributed by atoms with Crippen LogP contribution in [0.1, 0.15) is 36.8 Å². The Morgan fingerprint density at radius 1 is 1.35 bits per heavy atom. The molecule has 4 nitrogen and oxygen atoms in total. The molecule has 1 aromatic carbocycles. The van der Waals surface area contributed by atoms with Crippen LogP contribution >= 0.6 is 0 Å². The summed E-state index contributed by atoms with van der Waals surface area (Å²) in [5.41, 5.74) is 2.37. The summed E-state index contributed by atoms with van der Waals surface area (Å²) in [5, 5.41) is 7.40. The van der Waals surface area contributed by atoms with E-state index in [9.17, 15) is 0 Å². The lowest BCUT2D eigenvalue weighted by atomic mass is 10.0. The van der Waals surface area contributed by atoms with Gasteiger partial charge in [0.2, 0.25) is 6.39 Å². The highest BCUT2D eigenvalue weighted by Gasteiger charge is 2.09. The molecule has 0 aliphatic heterocycles. The summed E-state index contributed by atoms with van der Waals surface area (Å²) in [6.45, 7) is 6.64. The van der Waals surface area contributed by atoms with E-state index in [-0.39, 0.29) is 0 Å². The number of benzene rings is 1. The number of hydrogen-bond acceptors (Lipinski definition) is 4. The predicted molar refractivity (Wildman–Crippen MR) is 63.9 cm³/mol. The number of aromatic nitrogens is 2. The second kappa shape index (κ2) is 4.99. The fraction of sp³-hybridized carbons (Fsp3) is 0.385. The van der Waals surface area contributed by atoms with Gasteiger partial charge >= 0.3 is 0 Å². The minimum absolute atomic E-state index is 0.309. The summed E-state index contributed by atoms with van der Waals surface area (Å²) >= 11 is 0. The zero-order valence-corrected chi connectivity index (χ0v) is 10.3. The summed E-state index contributed by atoms with van der Waals surface area (Å²) in [6.07, 6.45) is 1.30. The molecule has 0 radical (unpaired) electrons. The minimum Gasteiger partial charge on any atom is -0.484 e. The highest BCUT2D eigenvalue weighted by atomic mass is 16.5. The Labute approximate surface area is 101 Å². The van der Waals surface area contributed by atoms with Crippen LogP contribution in [-0.4, -0.2) is 10.2 Å². The normalized spacial score (nSPS) is 10.8. The average molecular weight is 232 g/mol. The molecule has 1 aromatic heterocycles. The van der Waals surface area contributed by atoms with E-state index in [2.05, 4.69) is 36.2 Å². The molecule has 0 saturated carbocycles. The maximum absolute atomic E-state index is 5.73. The van der Waals surface area contributed by atoms with E-state index >= 15 is 0 Å². The highest BCUT2D eigenvalue weighted by Crippen LogP contribution is 2.27. The van der Waals surface area contributed by atoms with E-state index < -0.39 is 0 Å². The minimum atomic E-state index is 0.309. The highest BCUT2D eigenvalue weighted by molar-refractivity contribution is 5.39. The Hall–Kier alpha value is -1.84. The summed E-state index contributed by atoms with van der Waals surface area (Å²) < 4.78 is 10.8. The molecule has 2 rings (SSSR count). The van der Waals surface area contributed by atoms with Crippen LogP contribution in [0.25, 0.3) is 0 Å². The molecule has 0 bridgehead atoms. The predicted octanol–water partition coefficient (Wildman–Crippen LogP) is 3.08. The number of hydrogen-bond donors (Lipinski definition) is 0. The first-order valence-electron chi connectivity index (χ1n) is 5.65. The van der Waals surface area contributed by atoms with Crippen LogP contribution in [0, 0.1) is 6.92 Å². The molecule has 90 valence electrons. The van der Waals surface area contributed by atoms with Crippen LogP contribution in [0.3, 0.4) is 0 Å². The lowest BCUT2D eigenvalue weighted by molar-refractivity contribution is 0.259. The third-order valence-electron chi connectivity index (χ3n) is 2.55. The van der Waals surface area contributed by atoms with Crippen molar-refractivity contribution >= 4 is 0 Å². The van der Waals surface area contributed by atoms with Crippen molar-refractivity contribution in [2.45, 2.75) is 33.3 Å². The van der Waals surface area contributed by atoms with Gasteiger partial charge in [0.15, 0.2) is 6.61 Å². The molecule has 0 N–H and O–H groups in total.